The summed E-state index contributed by atoms with van der Waals surface area (Å²) in [6.07, 6.45) is 4.91. The molecule has 1 unspecified atom stereocenters. The van der Waals surface area contributed by atoms with Crippen LogP contribution in [-0.4, -0.2) is 46.2 Å². The first-order valence-corrected chi connectivity index (χ1v) is 7.55. The van der Waals surface area contributed by atoms with Gasteiger partial charge in [-0.1, -0.05) is 38.1 Å². The van der Waals surface area contributed by atoms with E-state index < -0.39 is 0 Å². The molecule has 0 radical (unpaired) electrons. The van der Waals surface area contributed by atoms with Gasteiger partial charge in [0.1, 0.15) is 5.75 Å². The highest BCUT2D eigenvalue weighted by atomic mass is 16.3. The van der Waals surface area contributed by atoms with Crippen molar-refractivity contribution in [3.05, 3.63) is 53.1 Å². The number of benzene rings is 1. The Labute approximate surface area is 136 Å². The SMILES string of the molecule is CC(C)c1ccc(O)cc1.O.O=CN1CC2=C(CC(O)C=C2)C1. The van der Waals surface area contributed by atoms with E-state index in [2.05, 4.69) is 13.8 Å². The number of carbonyl (C=O) groups excluding carboxylic acids is 1. The van der Waals surface area contributed by atoms with E-state index in [1.165, 1.54) is 16.7 Å². The van der Waals surface area contributed by atoms with Crippen molar-refractivity contribution in [2.45, 2.75) is 32.3 Å². The van der Waals surface area contributed by atoms with Crippen LogP contribution in [0.15, 0.2) is 47.6 Å². The van der Waals surface area contributed by atoms with E-state index in [0.29, 0.717) is 31.2 Å². The molecule has 1 aliphatic heterocycles. The number of amides is 1. The second-order valence-corrected chi connectivity index (χ2v) is 6.02. The fourth-order valence-electron chi connectivity index (χ4n) is 2.58. The van der Waals surface area contributed by atoms with Gasteiger partial charge in [-0.05, 0) is 34.8 Å². The zero-order chi connectivity index (χ0) is 16.1. The molecule has 1 aromatic carbocycles. The van der Waals surface area contributed by atoms with Crippen LogP contribution in [0.1, 0.15) is 31.7 Å². The Kier molecular flexibility index (Phi) is 7.00. The Hall–Kier alpha value is -2.11. The molecule has 5 nitrogen and oxygen atoms in total. The van der Waals surface area contributed by atoms with Gasteiger partial charge in [0, 0.05) is 19.5 Å². The number of phenolic OH excluding ortho intramolecular Hbond substituents is 1. The third kappa shape index (κ3) is 5.23. The summed E-state index contributed by atoms with van der Waals surface area (Å²) in [6, 6.07) is 7.32. The van der Waals surface area contributed by atoms with Crippen LogP contribution in [0.4, 0.5) is 0 Å². The van der Waals surface area contributed by atoms with E-state index in [-0.39, 0.29) is 11.6 Å². The highest BCUT2D eigenvalue weighted by Crippen LogP contribution is 2.25. The zero-order valence-electron chi connectivity index (χ0n) is 13.6. The quantitative estimate of drug-likeness (QED) is 0.814. The van der Waals surface area contributed by atoms with Crippen LogP contribution in [0.3, 0.4) is 0 Å². The molecular formula is C18H25NO4. The van der Waals surface area contributed by atoms with Crippen molar-refractivity contribution >= 4 is 6.41 Å². The summed E-state index contributed by atoms with van der Waals surface area (Å²) in [5.74, 6) is 0.880. The minimum Gasteiger partial charge on any atom is -0.508 e. The molecule has 0 fully saturated rings. The summed E-state index contributed by atoms with van der Waals surface area (Å²) < 4.78 is 0. The molecule has 0 saturated heterocycles. The molecule has 5 heteroatoms. The Bertz CT molecular complexity index is 575. The van der Waals surface area contributed by atoms with Gasteiger partial charge in [0.15, 0.2) is 0 Å². The number of aliphatic hydroxyl groups is 1. The minimum atomic E-state index is -0.352. The van der Waals surface area contributed by atoms with E-state index in [1.807, 2.05) is 18.2 Å². The van der Waals surface area contributed by atoms with Crippen LogP contribution in [-0.2, 0) is 4.79 Å². The van der Waals surface area contributed by atoms with Gasteiger partial charge in [0.05, 0.1) is 6.10 Å². The lowest BCUT2D eigenvalue weighted by molar-refractivity contribution is -0.117. The number of hydrogen-bond donors (Lipinski definition) is 2. The summed E-state index contributed by atoms with van der Waals surface area (Å²) in [5.41, 5.74) is 3.67. The van der Waals surface area contributed by atoms with Gasteiger partial charge < -0.3 is 20.6 Å². The molecule has 3 rings (SSSR count). The molecule has 0 saturated carbocycles. The Balaban J connectivity index is 0.000000224. The van der Waals surface area contributed by atoms with Crippen molar-refractivity contribution in [3.63, 3.8) is 0 Å². The molecule has 0 bridgehead atoms. The first kappa shape index (κ1) is 18.9. The van der Waals surface area contributed by atoms with Crippen LogP contribution >= 0.6 is 0 Å². The third-order valence-corrected chi connectivity index (χ3v) is 3.91. The topological polar surface area (TPSA) is 92.3 Å². The molecule has 1 aromatic rings. The summed E-state index contributed by atoms with van der Waals surface area (Å²) in [4.78, 5) is 12.2. The fourth-order valence-corrected chi connectivity index (χ4v) is 2.58. The normalized spacial score (nSPS) is 19.0. The van der Waals surface area contributed by atoms with E-state index in [1.54, 1.807) is 23.1 Å². The molecular weight excluding hydrogens is 294 g/mol. The van der Waals surface area contributed by atoms with Crippen LogP contribution < -0.4 is 0 Å². The maximum absolute atomic E-state index is 10.4. The molecule has 4 N–H and O–H groups in total. The van der Waals surface area contributed by atoms with Crippen LogP contribution in [0.2, 0.25) is 0 Å². The van der Waals surface area contributed by atoms with Crippen molar-refractivity contribution in [2.75, 3.05) is 13.1 Å². The van der Waals surface area contributed by atoms with Gasteiger partial charge >= 0.3 is 0 Å². The second-order valence-electron chi connectivity index (χ2n) is 6.02. The smallest absolute Gasteiger partial charge is 0.210 e. The average Bonchev–Trinajstić information content (AvgIpc) is 2.90. The number of phenols is 1. The molecule has 0 spiro atoms. The largest absolute Gasteiger partial charge is 0.508 e. The molecule has 1 aliphatic carbocycles. The van der Waals surface area contributed by atoms with E-state index >= 15 is 0 Å². The molecule has 0 aromatic heterocycles. The Morgan fingerprint density at radius 1 is 1.22 bits per heavy atom. The van der Waals surface area contributed by atoms with Gasteiger partial charge in [0.2, 0.25) is 6.41 Å². The van der Waals surface area contributed by atoms with Gasteiger partial charge in [-0.2, -0.15) is 0 Å². The number of rotatable bonds is 2. The summed E-state index contributed by atoms with van der Waals surface area (Å²) in [6.45, 7) is 5.67. The molecule has 1 amide bonds. The van der Waals surface area contributed by atoms with Gasteiger partial charge in [-0.3, -0.25) is 4.79 Å². The predicted octanol–water partition coefficient (Wildman–Crippen LogP) is 1.77. The lowest BCUT2D eigenvalue weighted by Gasteiger charge is -2.11. The number of aromatic hydroxyl groups is 1. The van der Waals surface area contributed by atoms with Crippen molar-refractivity contribution in [1.29, 1.82) is 0 Å². The fraction of sp³-hybridized carbons (Fsp3) is 0.389. The number of carbonyl (C=O) groups is 1. The summed E-state index contributed by atoms with van der Waals surface area (Å²) >= 11 is 0. The maximum atomic E-state index is 10.4. The zero-order valence-corrected chi connectivity index (χ0v) is 13.6. The lowest BCUT2D eigenvalue weighted by Crippen LogP contribution is -2.19. The van der Waals surface area contributed by atoms with Crippen LogP contribution in [0, 0.1) is 0 Å². The summed E-state index contributed by atoms with van der Waals surface area (Å²) in [5, 5.41) is 18.2. The first-order valence-electron chi connectivity index (χ1n) is 7.55. The first-order chi connectivity index (χ1) is 10.5. The minimum absolute atomic E-state index is 0. The van der Waals surface area contributed by atoms with E-state index in [0.717, 1.165) is 6.41 Å². The summed E-state index contributed by atoms with van der Waals surface area (Å²) in [7, 11) is 0. The molecule has 23 heavy (non-hydrogen) atoms. The lowest BCUT2D eigenvalue weighted by atomic mass is 9.98. The molecule has 2 aliphatic rings. The number of nitrogens with zero attached hydrogens (tertiary/aromatic N) is 1. The third-order valence-electron chi connectivity index (χ3n) is 3.91. The highest BCUT2D eigenvalue weighted by Gasteiger charge is 2.22. The van der Waals surface area contributed by atoms with Gasteiger partial charge in [0.25, 0.3) is 0 Å². The predicted molar refractivity (Wildman–Crippen MR) is 90.2 cm³/mol. The van der Waals surface area contributed by atoms with E-state index in [9.17, 15) is 9.90 Å². The van der Waals surface area contributed by atoms with Gasteiger partial charge in [-0.15, -0.1) is 0 Å². The van der Waals surface area contributed by atoms with Crippen LogP contribution in [0.5, 0.6) is 5.75 Å². The van der Waals surface area contributed by atoms with Crippen molar-refractivity contribution < 1.29 is 20.5 Å². The molecule has 1 heterocycles. The van der Waals surface area contributed by atoms with Crippen molar-refractivity contribution in [3.8, 4) is 5.75 Å². The van der Waals surface area contributed by atoms with Crippen molar-refractivity contribution in [2.24, 2.45) is 0 Å². The van der Waals surface area contributed by atoms with Crippen molar-refractivity contribution in [1.82, 2.24) is 4.90 Å². The average molecular weight is 319 g/mol. The van der Waals surface area contributed by atoms with Crippen LogP contribution in [0.25, 0.3) is 0 Å². The Morgan fingerprint density at radius 3 is 2.43 bits per heavy atom. The van der Waals surface area contributed by atoms with E-state index in [4.69, 9.17) is 5.11 Å². The standard InChI is InChI=1S/C9H11NO2.C9H12O.H2O/c11-6-10-4-7-1-2-9(12)3-8(7)5-10;1-7(2)8-3-5-9(10)6-4-8;/h1-2,6,9,12H,3-5H2;3-7,10H,1-2H3;1H2. The molecule has 1 atom stereocenters. The van der Waals surface area contributed by atoms with Gasteiger partial charge in [-0.25, -0.2) is 0 Å². The molecule has 126 valence electrons. The number of hydrogen-bond acceptors (Lipinski definition) is 3. The maximum Gasteiger partial charge on any atom is 0.210 e. The Morgan fingerprint density at radius 2 is 1.87 bits per heavy atom. The monoisotopic (exact) mass is 319 g/mol. The second kappa shape index (κ2) is 8.50. The number of aliphatic hydroxyl groups excluding tert-OH is 1. The highest BCUT2D eigenvalue weighted by molar-refractivity contribution is 5.53.